The first-order valence-corrected chi connectivity index (χ1v) is 6.46. The number of benzene rings is 1. The number of carbonyl (C=O) groups is 3. The molecule has 2 rings (SSSR count). The lowest BCUT2D eigenvalue weighted by atomic mass is 10.1. The van der Waals surface area contributed by atoms with Gasteiger partial charge in [0.15, 0.2) is 0 Å². The van der Waals surface area contributed by atoms with Crippen LogP contribution in [0.4, 0.5) is 5.69 Å². The number of fused-ring (bicyclic) bond motifs is 1. The number of carbonyl (C=O) groups excluding carboxylic acids is 3. The fourth-order valence-corrected chi connectivity index (χ4v) is 2.05. The zero-order valence-electron chi connectivity index (χ0n) is 10.7. The van der Waals surface area contributed by atoms with Gasteiger partial charge in [0.05, 0.1) is 16.1 Å². The molecule has 0 aliphatic carbocycles. The lowest BCUT2D eigenvalue weighted by Crippen LogP contribution is -2.40. The van der Waals surface area contributed by atoms with Gasteiger partial charge in [-0.15, -0.1) is 11.6 Å². The molecule has 0 atom stereocenters. The topological polar surface area (TPSA) is 110 Å². The summed E-state index contributed by atoms with van der Waals surface area (Å²) in [6, 6.07) is 3.43. The molecule has 1 heterocycles. The highest BCUT2D eigenvalue weighted by atomic mass is 35.5. The number of nitro benzene ring substituents is 1. The largest absolute Gasteiger partial charge is 0.338 e. The number of imide groups is 1. The summed E-state index contributed by atoms with van der Waals surface area (Å²) in [5.41, 5.74) is -0.235. The molecule has 8 nitrogen and oxygen atoms in total. The molecule has 0 saturated carbocycles. The second-order valence-electron chi connectivity index (χ2n) is 4.22. The molecule has 0 spiro atoms. The summed E-state index contributed by atoms with van der Waals surface area (Å²) in [7, 11) is 0. The lowest BCUT2D eigenvalue weighted by Gasteiger charge is -2.14. The molecule has 9 heteroatoms. The lowest BCUT2D eigenvalue weighted by molar-refractivity contribution is -0.384. The van der Waals surface area contributed by atoms with Crippen molar-refractivity contribution in [3.8, 4) is 0 Å². The second-order valence-corrected chi connectivity index (χ2v) is 4.60. The third kappa shape index (κ3) is 2.84. The van der Waals surface area contributed by atoms with Gasteiger partial charge in [-0.3, -0.25) is 29.4 Å². The molecule has 0 radical (unpaired) electrons. The van der Waals surface area contributed by atoms with E-state index in [9.17, 15) is 24.5 Å². The third-order valence-electron chi connectivity index (χ3n) is 2.92. The van der Waals surface area contributed by atoms with E-state index in [-0.39, 0.29) is 35.8 Å². The number of hydrogen-bond donors (Lipinski definition) is 1. The molecular weight excluding hydrogens is 302 g/mol. The van der Waals surface area contributed by atoms with E-state index in [1.807, 2.05) is 0 Å². The van der Waals surface area contributed by atoms with Crippen LogP contribution in [0.15, 0.2) is 18.2 Å². The maximum absolute atomic E-state index is 12.1. The number of nitro groups is 1. The van der Waals surface area contributed by atoms with Gasteiger partial charge in [-0.05, 0) is 6.07 Å². The Labute approximate surface area is 123 Å². The quantitative estimate of drug-likeness (QED) is 0.376. The fourth-order valence-electron chi connectivity index (χ4n) is 1.88. The molecule has 1 aliphatic rings. The standard InChI is InChI=1S/C12H10ClN3O5/c13-4-3-10(17)14-6-15-11(18)8-2-1-7(16(20)21)5-9(8)12(15)19/h1-2,5H,3-4,6H2,(H,14,17). The van der Waals surface area contributed by atoms with Gasteiger partial charge in [-0.1, -0.05) is 0 Å². The van der Waals surface area contributed by atoms with E-state index in [4.69, 9.17) is 11.6 Å². The summed E-state index contributed by atoms with van der Waals surface area (Å²) in [5, 5.41) is 13.1. The summed E-state index contributed by atoms with van der Waals surface area (Å²) < 4.78 is 0. The summed E-state index contributed by atoms with van der Waals surface area (Å²) in [5.74, 6) is -1.55. The highest BCUT2D eigenvalue weighted by Gasteiger charge is 2.36. The Balaban J connectivity index is 2.18. The Morgan fingerprint density at radius 1 is 1.29 bits per heavy atom. The molecule has 0 fully saturated rings. The van der Waals surface area contributed by atoms with Gasteiger partial charge in [-0.25, -0.2) is 0 Å². The Bertz CT molecular complexity index is 646. The summed E-state index contributed by atoms with van der Waals surface area (Å²) in [6.45, 7) is -0.296. The van der Waals surface area contributed by atoms with Crippen molar-refractivity contribution in [2.45, 2.75) is 6.42 Å². The predicted octanol–water partition coefficient (Wildman–Crippen LogP) is 0.893. The Kier molecular flexibility index (Phi) is 4.18. The number of alkyl halides is 1. The summed E-state index contributed by atoms with van der Waals surface area (Å²) in [4.78, 5) is 46.2. The van der Waals surface area contributed by atoms with E-state index < -0.39 is 22.6 Å². The van der Waals surface area contributed by atoms with Gasteiger partial charge >= 0.3 is 0 Å². The van der Waals surface area contributed by atoms with Crippen LogP contribution in [0.5, 0.6) is 0 Å². The molecule has 21 heavy (non-hydrogen) atoms. The fraction of sp³-hybridized carbons (Fsp3) is 0.250. The van der Waals surface area contributed by atoms with E-state index in [1.54, 1.807) is 0 Å². The monoisotopic (exact) mass is 311 g/mol. The average molecular weight is 312 g/mol. The Morgan fingerprint density at radius 2 is 1.95 bits per heavy atom. The van der Waals surface area contributed by atoms with Crippen molar-refractivity contribution in [3.63, 3.8) is 0 Å². The van der Waals surface area contributed by atoms with Crippen LogP contribution in [0.3, 0.4) is 0 Å². The number of rotatable bonds is 5. The minimum Gasteiger partial charge on any atom is -0.338 e. The van der Waals surface area contributed by atoms with Crippen LogP contribution in [0.2, 0.25) is 0 Å². The van der Waals surface area contributed by atoms with Crippen molar-refractivity contribution in [1.82, 2.24) is 10.2 Å². The maximum Gasteiger partial charge on any atom is 0.270 e. The van der Waals surface area contributed by atoms with E-state index in [0.717, 1.165) is 17.0 Å². The van der Waals surface area contributed by atoms with Gasteiger partial charge in [0.25, 0.3) is 17.5 Å². The first-order chi connectivity index (χ1) is 9.95. The first-order valence-electron chi connectivity index (χ1n) is 5.93. The molecule has 3 amide bonds. The molecule has 0 bridgehead atoms. The molecule has 0 aromatic heterocycles. The molecule has 0 unspecified atom stereocenters. The summed E-state index contributed by atoms with van der Waals surface area (Å²) in [6.07, 6.45) is 0.0657. The van der Waals surface area contributed by atoms with Crippen LogP contribution in [0.1, 0.15) is 27.1 Å². The first kappa shape index (κ1) is 14.9. The highest BCUT2D eigenvalue weighted by Crippen LogP contribution is 2.26. The Morgan fingerprint density at radius 3 is 2.57 bits per heavy atom. The normalized spacial score (nSPS) is 13.3. The molecule has 1 aromatic rings. The molecule has 110 valence electrons. The minimum atomic E-state index is -0.676. The van der Waals surface area contributed by atoms with Gasteiger partial charge < -0.3 is 5.32 Å². The van der Waals surface area contributed by atoms with Gasteiger partial charge in [-0.2, -0.15) is 0 Å². The zero-order valence-corrected chi connectivity index (χ0v) is 11.4. The van der Waals surface area contributed by atoms with Crippen LogP contribution in [0.25, 0.3) is 0 Å². The molecule has 0 saturated heterocycles. The van der Waals surface area contributed by atoms with Crippen LogP contribution in [-0.4, -0.2) is 40.1 Å². The SMILES string of the molecule is O=C(CCCl)NCN1C(=O)c2ccc([N+](=O)[O-])cc2C1=O. The third-order valence-corrected chi connectivity index (χ3v) is 3.11. The van der Waals surface area contributed by atoms with Crippen molar-refractivity contribution in [2.75, 3.05) is 12.5 Å². The molecule has 1 aliphatic heterocycles. The van der Waals surface area contributed by atoms with Crippen LogP contribution < -0.4 is 5.32 Å². The van der Waals surface area contributed by atoms with Crippen molar-refractivity contribution in [3.05, 3.63) is 39.4 Å². The number of nitrogens with one attached hydrogen (secondary N) is 1. The number of non-ortho nitro benzene ring substituents is 1. The van der Waals surface area contributed by atoms with E-state index in [2.05, 4.69) is 5.32 Å². The molecule has 1 aromatic carbocycles. The molecular formula is C12H10ClN3O5. The molecule has 1 N–H and O–H groups in total. The van der Waals surface area contributed by atoms with Gasteiger partial charge in [0, 0.05) is 24.4 Å². The van der Waals surface area contributed by atoms with Crippen molar-refractivity contribution < 1.29 is 19.3 Å². The van der Waals surface area contributed by atoms with Gasteiger partial charge in [0.2, 0.25) is 5.91 Å². The van der Waals surface area contributed by atoms with Crippen LogP contribution in [0, 0.1) is 10.1 Å². The zero-order chi connectivity index (χ0) is 15.6. The van der Waals surface area contributed by atoms with Crippen molar-refractivity contribution in [2.24, 2.45) is 0 Å². The number of amides is 3. The highest BCUT2D eigenvalue weighted by molar-refractivity contribution is 6.21. The Hall–Kier alpha value is -2.48. The van der Waals surface area contributed by atoms with Gasteiger partial charge in [0.1, 0.15) is 6.67 Å². The van der Waals surface area contributed by atoms with E-state index in [0.29, 0.717) is 0 Å². The van der Waals surface area contributed by atoms with Crippen LogP contribution in [-0.2, 0) is 4.79 Å². The number of hydrogen-bond acceptors (Lipinski definition) is 5. The minimum absolute atomic E-state index is 0.0409. The van der Waals surface area contributed by atoms with Crippen molar-refractivity contribution >= 4 is 35.0 Å². The smallest absolute Gasteiger partial charge is 0.270 e. The predicted molar refractivity (Wildman–Crippen MR) is 71.9 cm³/mol. The maximum atomic E-state index is 12.1. The van der Waals surface area contributed by atoms with E-state index in [1.165, 1.54) is 6.07 Å². The van der Waals surface area contributed by atoms with E-state index >= 15 is 0 Å². The second kappa shape index (κ2) is 5.88. The number of halogens is 1. The summed E-state index contributed by atoms with van der Waals surface area (Å²) >= 11 is 5.40. The van der Waals surface area contributed by atoms with Crippen molar-refractivity contribution in [1.29, 1.82) is 0 Å². The number of nitrogens with zero attached hydrogens (tertiary/aromatic N) is 2. The average Bonchev–Trinajstić information content (AvgIpc) is 2.69. The van der Waals surface area contributed by atoms with Crippen LogP contribution >= 0.6 is 11.6 Å².